The summed E-state index contributed by atoms with van der Waals surface area (Å²) in [5, 5.41) is 9.24. The van der Waals surface area contributed by atoms with Crippen molar-refractivity contribution in [1.82, 2.24) is 10.6 Å². The van der Waals surface area contributed by atoms with E-state index in [-0.39, 0.29) is 29.8 Å². The molecule has 0 radical (unpaired) electrons. The zero-order valence-electron chi connectivity index (χ0n) is 11.4. The molecule has 2 aliphatic rings. The molecule has 1 aliphatic carbocycles. The zero-order valence-corrected chi connectivity index (χ0v) is 11.4. The third kappa shape index (κ3) is 2.54. The van der Waals surface area contributed by atoms with Gasteiger partial charge in [-0.15, -0.1) is 0 Å². The van der Waals surface area contributed by atoms with Crippen molar-refractivity contribution in [3.05, 3.63) is 30.3 Å². The average Bonchev–Trinajstić information content (AvgIpc) is 2.98. The molecule has 1 aromatic rings. The highest BCUT2D eigenvalue weighted by Gasteiger charge is 2.49. The van der Waals surface area contributed by atoms with E-state index in [1.807, 2.05) is 30.3 Å². The summed E-state index contributed by atoms with van der Waals surface area (Å²) in [6.45, 7) is 1.53. The molecular weight excluding hydrogens is 254 g/mol. The van der Waals surface area contributed by atoms with Gasteiger partial charge < -0.3 is 16.0 Å². The molecule has 2 amide bonds. The Bertz CT molecular complexity index is 517. The van der Waals surface area contributed by atoms with E-state index in [9.17, 15) is 9.59 Å². The SMILES string of the molecule is CC(=O)N[C@@H]1C[C@H]2C[C@H]1[C@@H](C(=O)Nc1ccccc1)N2. The van der Waals surface area contributed by atoms with Gasteiger partial charge in [0.05, 0.1) is 6.04 Å². The highest BCUT2D eigenvalue weighted by atomic mass is 16.2. The van der Waals surface area contributed by atoms with E-state index in [1.165, 1.54) is 6.92 Å². The number of hydrogen-bond donors (Lipinski definition) is 3. The minimum absolute atomic E-state index is 0.0150. The number of hydrogen-bond acceptors (Lipinski definition) is 3. The number of piperidine rings is 1. The Morgan fingerprint density at radius 1 is 1.20 bits per heavy atom. The summed E-state index contributed by atoms with van der Waals surface area (Å²) in [6.07, 6.45) is 1.87. The number of carbonyl (C=O) groups is 2. The first kappa shape index (κ1) is 13.1. The second-order valence-electron chi connectivity index (χ2n) is 5.64. The van der Waals surface area contributed by atoms with Crippen LogP contribution >= 0.6 is 0 Å². The first-order valence-electron chi connectivity index (χ1n) is 7.02. The summed E-state index contributed by atoms with van der Waals surface area (Å²) in [5.74, 6) is 0.149. The van der Waals surface area contributed by atoms with Crippen LogP contribution in [0.3, 0.4) is 0 Å². The van der Waals surface area contributed by atoms with Gasteiger partial charge in [0.15, 0.2) is 0 Å². The summed E-state index contributed by atoms with van der Waals surface area (Å²) in [6, 6.07) is 9.68. The molecule has 3 N–H and O–H groups in total. The van der Waals surface area contributed by atoms with Gasteiger partial charge in [-0.25, -0.2) is 0 Å². The Morgan fingerprint density at radius 2 is 1.95 bits per heavy atom. The van der Waals surface area contributed by atoms with Crippen LogP contribution in [0.5, 0.6) is 0 Å². The molecule has 106 valence electrons. The molecule has 2 fully saturated rings. The van der Waals surface area contributed by atoms with Crippen LogP contribution in [-0.4, -0.2) is 29.9 Å². The van der Waals surface area contributed by atoms with Crippen LogP contribution < -0.4 is 16.0 Å². The molecule has 3 rings (SSSR count). The number of nitrogens with one attached hydrogen (secondary N) is 3. The van der Waals surface area contributed by atoms with Crippen molar-refractivity contribution in [2.75, 3.05) is 5.32 Å². The second kappa shape index (κ2) is 5.25. The van der Waals surface area contributed by atoms with Crippen molar-refractivity contribution < 1.29 is 9.59 Å². The number of fused-ring (bicyclic) bond motifs is 2. The number of carbonyl (C=O) groups excluding carboxylic acids is 2. The molecule has 1 heterocycles. The number of rotatable bonds is 3. The Hall–Kier alpha value is -1.88. The van der Waals surface area contributed by atoms with Crippen LogP contribution in [0.1, 0.15) is 19.8 Å². The van der Waals surface area contributed by atoms with Gasteiger partial charge in [0.25, 0.3) is 0 Å². The zero-order chi connectivity index (χ0) is 14.1. The molecule has 0 unspecified atom stereocenters. The summed E-state index contributed by atoms with van der Waals surface area (Å²) in [7, 11) is 0. The van der Waals surface area contributed by atoms with Gasteiger partial charge in [-0.05, 0) is 25.0 Å². The topological polar surface area (TPSA) is 70.2 Å². The smallest absolute Gasteiger partial charge is 0.241 e. The van der Waals surface area contributed by atoms with Crippen molar-refractivity contribution in [3.8, 4) is 0 Å². The number of benzene rings is 1. The predicted octanol–water partition coefficient (Wildman–Crippen LogP) is 0.880. The van der Waals surface area contributed by atoms with Crippen LogP contribution in [-0.2, 0) is 9.59 Å². The van der Waals surface area contributed by atoms with Gasteiger partial charge in [-0.1, -0.05) is 18.2 Å². The molecule has 5 nitrogen and oxygen atoms in total. The van der Waals surface area contributed by atoms with E-state index >= 15 is 0 Å². The van der Waals surface area contributed by atoms with E-state index in [2.05, 4.69) is 16.0 Å². The van der Waals surface area contributed by atoms with Gasteiger partial charge in [0, 0.05) is 30.6 Å². The summed E-state index contributed by atoms with van der Waals surface area (Å²) >= 11 is 0. The Balaban J connectivity index is 1.66. The quantitative estimate of drug-likeness (QED) is 0.765. The van der Waals surface area contributed by atoms with Crippen LogP contribution in [0.15, 0.2) is 30.3 Å². The largest absolute Gasteiger partial charge is 0.353 e. The van der Waals surface area contributed by atoms with Gasteiger partial charge in [-0.3, -0.25) is 9.59 Å². The maximum atomic E-state index is 12.3. The molecule has 4 atom stereocenters. The summed E-state index contributed by atoms with van der Waals surface area (Å²) in [5.41, 5.74) is 0.804. The number of amides is 2. The highest BCUT2D eigenvalue weighted by molar-refractivity contribution is 5.95. The Morgan fingerprint density at radius 3 is 2.60 bits per heavy atom. The van der Waals surface area contributed by atoms with Crippen molar-refractivity contribution in [2.24, 2.45) is 5.92 Å². The maximum absolute atomic E-state index is 12.3. The van der Waals surface area contributed by atoms with E-state index in [1.54, 1.807) is 0 Å². The van der Waals surface area contributed by atoms with Gasteiger partial charge in [-0.2, -0.15) is 0 Å². The van der Waals surface area contributed by atoms with Gasteiger partial charge >= 0.3 is 0 Å². The summed E-state index contributed by atoms with van der Waals surface area (Å²) < 4.78 is 0. The van der Waals surface area contributed by atoms with E-state index < -0.39 is 0 Å². The molecular formula is C15H19N3O2. The fraction of sp³-hybridized carbons (Fsp3) is 0.467. The van der Waals surface area contributed by atoms with E-state index in [4.69, 9.17) is 0 Å². The van der Waals surface area contributed by atoms with Crippen molar-refractivity contribution >= 4 is 17.5 Å². The lowest BCUT2D eigenvalue weighted by Gasteiger charge is -2.29. The molecule has 2 bridgehead atoms. The Kier molecular flexibility index (Phi) is 3.44. The minimum atomic E-state index is -0.217. The van der Waals surface area contributed by atoms with Crippen molar-refractivity contribution in [1.29, 1.82) is 0 Å². The monoisotopic (exact) mass is 273 g/mol. The van der Waals surface area contributed by atoms with Crippen molar-refractivity contribution in [2.45, 2.75) is 37.9 Å². The van der Waals surface area contributed by atoms with Crippen molar-refractivity contribution in [3.63, 3.8) is 0 Å². The number of para-hydroxylation sites is 1. The molecule has 20 heavy (non-hydrogen) atoms. The molecule has 1 saturated heterocycles. The second-order valence-corrected chi connectivity index (χ2v) is 5.64. The average molecular weight is 273 g/mol. The van der Waals surface area contributed by atoms with E-state index in [0.717, 1.165) is 18.5 Å². The predicted molar refractivity (Wildman–Crippen MR) is 76.1 cm³/mol. The molecule has 0 spiro atoms. The lowest BCUT2D eigenvalue weighted by molar-refractivity contribution is -0.122. The molecule has 1 saturated carbocycles. The highest BCUT2D eigenvalue weighted by Crippen LogP contribution is 2.36. The van der Waals surface area contributed by atoms with Crippen LogP contribution in [0, 0.1) is 5.92 Å². The fourth-order valence-electron chi connectivity index (χ4n) is 3.39. The molecule has 1 aromatic carbocycles. The third-order valence-corrected chi connectivity index (χ3v) is 4.17. The third-order valence-electron chi connectivity index (χ3n) is 4.17. The van der Waals surface area contributed by atoms with Crippen LogP contribution in [0.4, 0.5) is 5.69 Å². The summed E-state index contributed by atoms with van der Waals surface area (Å²) in [4.78, 5) is 23.6. The first-order chi connectivity index (χ1) is 9.63. The molecule has 0 aromatic heterocycles. The lowest BCUT2D eigenvalue weighted by atomic mass is 9.94. The maximum Gasteiger partial charge on any atom is 0.241 e. The molecule has 1 aliphatic heterocycles. The number of anilines is 1. The van der Waals surface area contributed by atoms with Gasteiger partial charge in [0.2, 0.25) is 11.8 Å². The van der Waals surface area contributed by atoms with Crippen LogP contribution in [0.25, 0.3) is 0 Å². The van der Waals surface area contributed by atoms with Crippen LogP contribution in [0.2, 0.25) is 0 Å². The normalized spacial score (nSPS) is 31.1. The fourth-order valence-corrected chi connectivity index (χ4v) is 3.39. The standard InChI is InChI=1S/C15H19N3O2/c1-9(19)16-13-8-11-7-12(13)14(17-11)15(20)18-10-5-3-2-4-6-10/h2-6,11-14,17H,7-8H2,1H3,(H,16,19)(H,18,20)/t11-,12-,13-,14+/m1/s1. The minimum Gasteiger partial charge on any atom is -0.353 e. The van der Waals surface area contributed by atoms with Gasteiger partial charge in [0.1, 0.15) is 0 Å². The molecule has 5 heteroatoms. The Labute approximate surface area is 118 Å². The van der Waals surface area contributed by atoms with E-state index in [0.29, 0.717) is 6.04 Å². The lowest BCUT2D eigenvalue weighted by Crippen LogP contribution is -2.53. The first-order valence-corrected chi connectivity index (χ1v) is 7.02.